The zero-order valence-corrected chi connectivity index (χ0v) is 10.1. The molecule has 0 atom stereocenters. The summed E-state index contributed by atoms with van der Waals surface area (Å²) in [6.45, 7) is 4.86. The van der Waals surface area contributed by atoms with Crippen LogP contribution in [0.1, 0.15) is 18.7 Å². The lowest BCUT2D eigenvalue weighted by Crippen LogP contribution is -2.37. The van der Waals surface area contributed by atoms with Crippen molar-refractivity contribution in [2.24, 2.45) is 5.92 Å². The van der Waals surface area contributed by atoms with Gasteiger partial charge in [-0.3, -0.25) is 0 Å². The number of ether oxygens (including phenoxy) is 1. The smallest absolute Gasteiger partial charge is 0.105 e. The van der Waals surface area contributed by atoms with Crippen molar-refractivity contribution in [1.29, 1.82) is 0 Å². The Morgan fingerprint density at radius 2 is 2.38 bits per heavy atom. The zero-order valence-electron chi connectivity index (χ0n) is 10.1. The van der Waals surface area contributed by atoms with Crippen LogP contribution in [-0.2, 0) is 11.3 Å². The van der Waals surface area contributed by atoms with Crippen LogP contribution in [0.25, 0.3) is 0 Å². The first-order valence-electron chi connectivity index (χ1n) is 6.03. The number of nitrogens with zero attached hydrogens (tertiary/aromatic N) is 2. The Labute approximate surface area is 97.0 Å². The third kappa shape index (κ3) is 2.83. The summed E-state index contributed by atoms with van der Waals surface area (Å²) in [6.07, 6.45) is 6.75. The molecule has 0 unspecified atom stereocenters. The minimum atomic E-state index is 0.488. The van der Waals surface area contributed by atoms with Crippen molar-refractivity contribution >= 4 is 0 Å². The van der Waals surface area contributed by atoms with E-state index in [-0.39, 0.29) is 0 Å². The van der Waals surface area contributed by atoms with Crippen LogP contribution in [0.3, 0.4) is 0 Å². The Kier molecular flexibility index (Phi) is 3.96. The second-order valence-corrected chi connectivity index (χ2v) is 4.56. The van der Waals surface area contributed by atoms with Crippen molar-refractivity contribution in [3.05, 3.63) is 18.2 Å². The topological polar surface area (TPSA) is 39.1 Å². The van der Waals surface area contributed by atoms with Crippen LogP contribution in [0.15, 0.2) is 12.4 Å². The van der Waals surface area contributed by atoms with Gasteiger partial charge >= 0.3 is 0 Å². The highest BCUT2D eigenvalue weighted by Gasteiger charge is 2.28. The van der Waals surface area contributed by atoms with E-state index in [0.717, 1.165) is 31.4 Å². The summed E-state index contributed by atoms with van der Waals surface area (Å²) in [5.41, 5.74) is 0. The largest absolute Gasteiger partial charge is 0.376 e. The monoisotopic (exact) mass is 223 g/mol. The van der Waals surface area contributed by atoms with E-state index in [2.05, 4.69) is 14.9 Å². The Morgan fingerprint density at radius 3 is 3.00 bits per heavy atom. The minimum Gasteiger partial charge on any atom is -0.376 e. The molecule has 4 nitrogen and oxygen atoms in total. The maximum Gasteiger partial charge on any atom is 0.105 e. The van der Waals surface area contributed by atoms with Crippen LogP contribution >= 0.6 is 0 Å². The summed E-state index contributed by atoms with van der Waals surface area (Å²) in [4.78, 5) is 4.18. The molecular weight excluding hydrogens is 202 g/mol. The molecule has 0 bridgehead atoms. The Balaban J connectivity index is 1.58. The number of imidazole rings is 1. The zero-order chi connectivity index (χ0) is 11.4. The van der Waals surface area contributed by atoms with Crippen LogP contribution in [0.2, 0.25) is 0 Å². The van der Waals surface area contributed by atoms with Gasteiger partial charge in [-0.05, 0) is 39.3 Å². The fraction of sp³-hybridized carbons (Fsp3) is 0.750. The molecule has 0 aromatic carbocycles. The highest BCUT2D eigenvalue weighted by molar-refractivity contribution is 4.88. The first kappa shape index (κ1) is 11.6. The van der Waals surface area contributed by atoms with Gasteiger partial charge < -0.3 is 14.6 Å². The predicted molar refractivity (Wildman–Crippen MR) is 63.4 cm³/mol. The molecule has 1 heterocycles. The maximum atomic E-state index is 5.81. The molecule has 0 aliphatic heterocycles. The summed E-state index contributed by atoms with van der Waals surface area (Å²) in [5.74, 6) is 1.88. The summed E-state index contributed by atoms with van der Waals surface area (Å²) in [7, 11) is 2.01. The third-order valence-electron chi connectivity index (χ3n) is 3.29. The Bertz CT molecular complexity index is 318. The van der Waals surface area contributed by atoms with E-state index >= 15 is 0 Å². The molecule has 0 radical (unpaired) electrons. The molecule has 1 aliphatic carbocycles. The van der Waals surface area contributed by atoms with E-state index < -0.39 is 0 Å². The van der Waals surface area contributed by atoms with Crippen LogP contribution in [0, 0.1) is 12.8 Å². The first-order chi connectivity index (χ1) is 7.79. The highest BCUT2D eigenvalue weighted by Crippen LogP contribution is 2.29. The van der Waals surface area contributed by atoms with Gasteiger partial charge in [0.1, 0.15) is 5.82 Å². The van der Waals surface area contributed by atoms with Gasteiger partial charge in [-0.2, -0.15) is 0 Å². The van der Waals surface area contributed by atoms with E-state index in [4.69, 9.17) is 4.74 Å². The molecule has 1 N–H and O–H groups in total. The van der Waals surface area contributed by atoms with Gasteiger partial charge in [0, 0.05) is 18.9 Å². The van der Waals surface area contributed by atoms with E-state index in [0.29, 0.717) is 6.10 Å². The van der Waals surface area contributed by atoms with Gasteiger partial charge in [0.25, 0.3) is 0 Å². The molecule has 1 aromatic rings. The second kappa shape index (κ2) is 5.46. The van der Waals surface area contributed by atoms with Gasteiger partial charge in [-0.1, -0.05) is 0 Å². The molecule has 1 fully saturated rings. The quantitative estimate of drug-likeness (QED) is 0.788. The van der Waals surface area contributed by atoms with Crippen molar-refractivity contribution in [2.45, 2.75) is 32.4 Å². The number of hydrogen-bond acceptors (Lipinski definition) is 3. The van der Waals surface area contributed by atoms with Gasteiger partial charge in [0.2, 0.25) is 0 Å². The first-order valence-corrected chi connectivity index (χ1v) is 6.03. The van der Waals surface area contributed by atoms with E-state index in [9.17, 15) is 0 Å². The van der Waals surface area contributed by atoms with Crippen molar-refractivity contribution in [1.82, 2.24) is 14.9 Å². The van der Waals surface area contributed by atoms with Gasteiger partial charge in [0.15, 0.2) is 0 Å². The average Bonchev–Trinajstić information content (AvgIpc) is 2.60. The molecule has 0 saturated heterocycles. The van der Waals surface area contributed by atoms with Gasteiger partial charge in [-0.15, -0.1) is 0 Å². The van der Waals surface area contributed by atoms with E-state index in [1.165, 1.54) is 12.8 Å². The average molecular weight is 223 g/mol. The van der Waals surface area contributed by atoms with Crippen LogP contribution in [0.4, 0.5) is 0 Å². The van der Waals surface area contributed by atoms with E-state index in [1.54, 1.807) is 0 Å². The van der Waals surface area contributed by atoms with Crippen molar-refractivity contribution in [3.63, 3.8) is 0 Å². The van der Waals surface area contributed by atoms with E-state index in [1.807, 2.05) is 26.4 Å². The molecule has 90 valence electrons. The van der Waals surface area contributed by atoms with Gasteiger partial charge in [0.05, 0.1) is 12.7 Å². The lowest BCUT2D eigenvalue weighted by atomic mass is 9.82. The lowest BCUT2D eigenvalue weighted by Gasteiger charge is -2.35. The number of hydrogen-bond donors (Lipinski definition) is 1. The summed E-state index contributed by atoms with van der Waals surface area (Å²) < 4.78 is 7.94. The minimum absolute atomic E-state index is 0.488. The third-order valence-corrected chi connectivity index (χ3v) is 3.29. The van der Waals surface area contributed by atoms with Crippen molar-refractivity contribution in [2.75, 3.05) is 20.2 Å². The standard InChI is InChI=1S/C12H21N3O/c1-10-14-3-4-15(10)5-6-16-12-7-11(8-12)9-13-2/h3-4,11-13H,5-9H2,1-2H3. The van der Waals surface area contributed by atoms with Crippen LogP contribution in [-0.4, -0.2) is 35.9 Å². The molecule has 0 amide bonds. The molecular formula is C12H21N3O. The van der Waals surface area contributed by atoms with Crippen LogP contribution < -0.4 is 5.32 Å². The Hall–Kier alpha value is -0.870. The second-order valence-electron chi connectivity index (χ2n) is 4.56. The maximum absolute atomic E-state index is 5.81. The highest BCUT2D eigenvalue weighted by atomic mass is 16.5. The van der Waals surface area contributed by atoms with Crippen LogP contribution in [0.5, 0.6) is 0 Å². The summed E-state index contributed by atoms with van der Waals surface area (Å²) >= 11 is 0. The number of aryl methyl sites for hydroxylation is 1. The molecule has 1 aliphatic rings. The number of rotatable bonds is 6. The molecule has 16 heavy (non-hydrogen) atoms. The molecule has 0 spiro atoms. The molecule has 1 aromatic heterocycles. The number of nitrogens with one attached hydrogen (secondary N) is 1. The van der Waals surface area contributed by atoms with Gasteiger partial charge in [-0.25, -0.2) is 4.98 Å². The predicted octanol–water partition coefficient (Wildman–Crippen LogP) is 1.21. The SMILES string of the molecule is CNCC1CC(OCCn2ccnc2C)C1. The fourth-order valence-electron chi connectivity index (χ4n) is 2.22. The molecule has 4 heteroatoms. The lowest BCUT2D eigenvalue weighted by molar-refractivity contribution is -0.0324. The fourth-order valence-corrected chi connectivity index (χ4v) is 2.22. The summed E-state index contributed by atoms with van der Waals surface area (Å²) in [6, 6.07) is 0. The summed E-state index contributed by atoms with van der Waals surface area (Å²) in [5, 5.41) is 3.21. The molecule has 1 saturated carbocycles. The van der Waals surface area contributed by atoms with Crippen molar-refractivity contribution in [3.8, 4) is 0 Å². The molecule has 2 rings (SSSR count). The Morgan fingerprint density at radius 1 is 1.56 bits per heavy atom. The van der Waals surface area contributed by atoms with Crippen molar-refractivity contribution < 1.29 is 4.74 Å². The normalized spacial score (nSPS) is 24.4. The number of aromatic nitrogens is 2.